The highest BCUT2D eigenvalue weighted by Crippen LogP contribution is 2.63. The second-order valence-electron chi connectivity index (χ2n) is 6.95. The van der Waals surface area contributed by atoms with Crippen LogP contribution in [0.15, 0.2) is 24.3 Å². The van der Waals surface area contributed by atoms with E-state index in [4.69, 9.17) is 14.2 Å². The predicted molar refractivity (Wildman–Crippen MR) is 84.1 cm³/mol. The van der Waals surface area contributed by atoms with E-state index in [-0.39, 0.29) is 17.6 Å². The van der Waals surface area contributed by atoms with Gasteiger partial charge in [-0.2, -0.15) is 0 Å². The molecule has 2 heterocycles. The Morgan fingerprint density at radius 1 is 1.35 bits per heavy atom. The maximum absolute atomic E-state index is 10.6. The molecule has 1 aromatic rings. The quantitative estimate of drug-likeness (QED) is 0.795. The van der Waals surface area contributed by atoms with E-state index in [0.717, 1.165) is 30.9 Å². The lowest BCUT2D eigenvalue weighted by Gasteiger charge is -2.60. The van der Waals surface area contributed by atoms with Crippen molar-refractivity contribution in [2.45, 2.75) is 42.1 Å². The van der Waals surface area contributed by atoms with Crippen LogP contribution in [0.4, 0.5) is 0 Å². The molecule has 122 valence electrons. The number of benzene rings is 1. The van der Waals surface area contributed by atoms with Gasteiger partial charge in [0.1, 0.15) is 17.8 Å². The number of piperidine rings is 1. The van der Waals surface area contributed by atoms with Crippen molar-refractivity contribution >= 4 is 0 Å². The first kappa shape index (κ1) is 13.8. The molecule has 2 bridgehead atoms. The Kier molecular flexibility index (Phi) is 2.58. The van der Waals surface area contributed by atoms with Crippen LogP contribution in [0.3, 0.4) is 0 Å². The third kappa shape index (κ3) is 1.32. The molecule has 4 aliphatic rings. The zero-order valence-corrected chi connectivity index (χ0v) is 13.3. The third-order valence-corrected chi connectivity index (χ3v) is 6.34. The molecule has 0 radical (unpaired) electrons. The number of rotatable bonds is 2. The number of nitrogens with one attached hydrogen (secondary N) is 1. The molecule has 1 fully saturated rings. The summed E-state index contributed by atoms with van der Waals surface area (Å²) in [6, 6.07) is 4.29. The fourth-order valence-corrected chi connectivity index (χ4v) is 5.50. The minimum absolute atomic E-state index is 0.183. The summed E-state index contributed by atoms with van der Waals surface area (Å²) >= 11 is 0. The summed E-state index contributed by atoms with van der Waals surface area (Å²) in [5.41, 5.74) is 1.61. The van der Waals surface area contributed by atoms with Gasteiger partial charge < -0.3 is 24.6 Å². The minimum Gasteiger partial charge on any atom is -0.493 e. The Morgan fingerprint density at radius 3 is 3.00 bits per heavy atom. The van der Waals surface area contributed by atoms with Gasteiger partial charge in [-0.15, -0.1) is 0 Å². The second-order valence-corrected chi connectivity index (χ2v) is 6.95. The van der Waals surface area contributed by atoms with Crippen molar-refractivity contribution in [2.24, 2.45) is 0 Å². The van der Waals surface area contributed by atoms with Gasteiger partial charge in [0.25, 0.3) is 0 Å². The highest BCUT2D eigenvalue weighted by atomic mass is 16.5. The van der Waals surface area contributed by atoms with E-state index in [1.807, 2.05) is 12.1 Å². The Labute approximate surface area is 135 Å². The van der Waals surface area contributed by atoms with Crippen LogP contribution in [0.25, 0.3) is 0 Å². The lowest BCUT2D eigenvalue weighted by atomic mass is 9.51. The standard InChI is InChI=1S/C18H21NO4/c1-21-12-4-3-10-9-13-18(22-2)6-5-11(20)16-17(18,7-8-19-13)14(10)15(12)23-16/h3-6,11,13,16,19-20H,7-9H2,1-2H3. The lowest BCUT2D eigenvalue weighted by Crippen LogP contribution is -2.75. The third-order valence-electron chi connectivity index (χ3n) is 6.34. The Morgan fingerprint density at radius 2 is 2.22 bits per heavy atom. The summed E-state index contributed by atoms with van der Waals surface area (Å²) in [6.45, 7) is 0.895. The molecule has 1 saturated heterocycles. The zero-order valence-electron chi connectivity index (χ0n) is 13.3. The molecular weight excluding hydrogens is 294 g/mol. The molecule has 5 unspecified atom stereocenters. The SMILES string of the molecule is COc1ccc2c3c1OC1C(O)C=CC4(OC)C(C2)NCCC314. The molecule has 0 amide bonds. The van der Waals surface area contributed by atoms with E-state index in [1.165, 1.54) is 11.1 Å². The average molecular weight is 315 g/mol. The van der Waals surface area contributed by atoms with Crippen LogP contribution in [-0.4, -0.2) is 49.7 Å². The predicted octanol–water partition coefficient (Wildman–Crippen LogP) is 0.928. The lowest BCUT2D eigenvalue weighted by molar-refractivity contribution is -0.139. The number of methoxy groups -OCH3 is 2. The van der Waals surface area contributed by atoms with E-state index in [2.05, 4.69) is 17.5 Å². The first-order valence-corrected chi connectivity index (χ1v) is 8.21. The number of hydrogen-bond donors (Lipinski definition) is 2. The van der Waals surface area contributed by atoms with Crippen LogP contribution in [0.1, 0.15) is 17.5 Å². The fraction of sp³-hybridized carbons (Fsp3) is 0.556. The molecule has 0 saturated carbocycles. The van der Waals surface area contributed by atoms with E-state index < -0.39 is 11.7 Å². The van der Waals surface area contributed by atoms with Crippen molar-refractivity contribution in [3.05, 3.63) is 35.4 Å². The summed E-state index contributed by atoms with van der Waals surface area (Å²) in [7, 11) is 3.43. The summed E-state index contributed by atoms with van der Waals surface area (Å²) in [4.78, 5) is 0. The van der Waals surface area contributed by atoms with Crippen LogP contribution in [-0.2, 0) is 16.6 Å². The highest BCUT2D eigenvalue weighted by molar-refractivity contribution is 5.64. The van der Waals surface area contributed by atoms with Gasteiger partial charge in [-0.3, -0.25) is 0 Å². The van der Waals surface area contributed by atoms with Gasteiger partial charge in [-0.25, -0.2) is 0 Å². The van der Waals surface area contributed by atoms with E-state index >= 15 is 0 Å². The zero-order chi connectivity index (χ0) is 15.8. The van der Waals surface area contributed by atoms with Gasteiger partial charge in [-0.05, 0) is 31.0 Å². The van der Waals surface area contributed by atoms with E-state index in [9.17, 15) is 5.11 Å². The molecule has 1 aromatic carbocycles. The van der Waals surface area contributed by atoms with Gasteiger partial charge >= 0.3 is 0 Å². The van der Waals surface area contributed by atoms with Crippen molar-refractivity contribution in [3.8, 4) is 11.5 Å². The molecular formula is C18H21NO4. The Bertz CT molecular complexity index is 717. The van der Waals surface area contributed by atoms with Crippen molar-refractivity contribution in [2.75, 3.05) is 20.8 Å². The van der Waals surface area contributed by atoms with E-state index in [1.54, 1.807) is 14.2 Å². The highest BCUT2D eigenvalue weighted by Gasteiger charge is 2.71. The molecule has 1 spiro atoms. The van der Waals surface area contributed by atoms with Crippen molar-refractivity contribution in [3.63, 3.8) is 0 Å². The molecule has 0 aromatic heterocycles. The smallest absolute Gasteiger partial charge is 0.166 e. The maximum Gasteiger partial charge on any atom is 0.166 e. The molecule has 5 heteroatoms. The van der Waals surface area contributed by atoms with Gasteiger partial charge in [-0.1, -0.05) is 18.2 Å². The molecule has 5 nitrogen and oxygen atoms in total. The van der Waals surface area contributed by atoms with Crippen LogP contribution in [0, 0.1) is 0 Å². The van der Waals surface area contributed by atoms with Crippen molar-refractivity contribution in [1.82, 2.24) is 5.32 Å². The first-order valence-electron chi connectivity index (χ1n) is 8.21. The van der Waals surface area contributed by atoms with Gasteiger partial charge in [0.05, 0.1) is 12.5 Å². The minimum atomic E-state index is -0.639. The summed E-state index contributed by atoms with van der Waals surface area (Å²) in [6.07, 6.45) is 4.68. The number of ether oxygens (including phenoxy) is 3. The average Bonchev–Trinajstić information content (AvgIpc) is 2.91. The topological polar surface area (TPSA) is 60.0 Å². The maximum atomic E-state index is 10.6. The molecule has 2 aliphatic heterocycles. The molecule has 2 N–H and O–H groups in total. The van der Waals surface area contributed by atoms with Gasteiger partial charge in [0, 0.05) is 18.7 Å². The van der Waals surface area contributed by atoms with Crippen LogP contribution >= 0.6 is 0 Å². The number of aliphatic hydroxyl groups excluding tert-OH is 1. The number of hydrogen-bond acceptors (Lipinski definition) is 5. The number of aliphatic hydroxyl groups is 1. The van der Waals surface area contributed by atoms with Gasteiger partial charge in [0.2, 0.25) is 0 Å². The van der Waals surface area contributed by atoms with E-state index in [0.29, 0.717) is 0 Å². The Balaban J connectivity index is 1.88. The monoisotopic (exact) mass is 315 g/mol. The normalized spacial score (nSPS) is 42.1. The van der Waals surface area contributed by atoms with Crippen molar-refractivity contribution in [1.29, 1.82) is 0 Å². The van der Waals surface area contributed by atoms with Crippen molar-refractivity contribution < 1.29 is 19.3 Å². The van der Waals surface area contributed by atoms with Gasteiger partial charge in [0.15, 0.2) is 11.5 Å². The van der Waals surface area contributed by atoms with Crippen LogP contribution in [0.5, 0.6) is 11.5 Å². The summed E-state index contributed by atoms with van der Waals surface area (Å²) in [5.74, 6) is 1.53. The Hall–Kier alpha value is -1.56. The summed E-state index contributed by atoms with van der Waals surface area (Å²) in [5, 5.41) is 14.3. The van der Waals surface area contributed by atoms with Crippen LogP contribution < -0.4 is 14.8 Å². The molecule has 5 atom stereocenters. The molecule has 23 heavy (non-hydrogen) atoms. The molecule has 5 rings (SSSR count). The molecule has 2 aliphatic carbocycles. The largest absolute Gasteiger partial charge is 0.493 e. The first-order chi connectivity index (χ1) is 11.2. The summed E-state index contributed by atoms with van der Waals surface area (Å²) < 4.78 is 18.0. The van der Waals surface area contributed by atoms with Crippen LogP contribution in [0.2, 0.25) is 0 Å². The fourth-order valence-electron chi connectivity index (χ4n) is 5.50. The second kappa shape index (κ2) is 4.29.